The Kier molecular flexibility index (Phi) is 6.09. The highest BCUT2D eigenvalue weighted by molar-refractivity contribution is 9.10. The third-order valence-electron chi connectivity index (χ3n) is 2.30. The summed E-state index contributed by atoms with van der Waals surface area (Å²) in [6.07, 6.45) is 0. The first-order valence-electron chi connectivity index (χ1n) is 5.91. The van der Waals surface area contributed by atoms with Crippen LogP contribution >= 0.6 is 15.9 Å². The number of hydrogen-bond donors (Lipinski definition) is 2. The number of anilines is 1. The van der Waals surface area contributed by atoms with E-state index in [9.17, 15) is 8.42 Å². The standard InChI is InChI=1S/C12H19BrN2O3S/c1-9(2)14-4-5-19(16,17)15-11-6-10(13)7-12(8-11)18-3/h6-9,14-15H,4-5H2,1-3H3. The molecule has 1 aromatic carbocycles. The zero-order chi connectivity index (χ0) is 14.5. The Bertz CT molecular complexity index is 518. The summed E-state index contributed by atoms with van der Waals surface area (Å²) in [6.45, 7) is 4.36. The van der Waals surface area contributed by atoms with Gasteiger partial charge in [-0.05, 0) is 12.1 Å². The van der Waals surface area contributed by atoms with Gasteiger partial charge < -0.3 is 10.1 Å². The molecule has 7 heteroatoms. The third kappa shape index (κ3) is 6.26. The Morgan fingerprint density at radius 1 is 1.32 bits per heavy atom. The molecule has 0 atom stereocenters. The molecule has 0 spiro atoms. The molecular weight excluding hydrogens is 332 g/mol. The summed E-state index contributed by atoms with van der Waals surface area (Å²) in [5.41, 5.74) is 0.482. The molecule has 108 valence electrons. The van der Waals surface area contributed by atoms with E-state index in [1.54, 1.807) is 18.2 Å². The van der Waals surface area contributed by atoms with Gasteiger partial charge in [-0.1, -0.05) is 29.8 Å². The molecule has 0 amide bonds. The number of ether oxygens (including phenoxy) is 1. The quantitative estimate of drug-likeness (QED) is 0.790. The van der Waals surface area contributed by atoms with Gasteiger partial charge in [-0.3, -0.25) is 4.72 Å². The topological polar surface area (TPSA) is 67.4 Å². The molecule has 0 aromatic heterocycles. The van der Waals surface area contributed by atoms with E-state index < -0.39 is 10.0 Å². The average molecular weight is 351 g/mol. The second-order valence-corrected chi connectivity index (χ2v) is 7.17. The molecule has 0 aliphatic rings. The van der Waals surface area contributed by atoms with Gasteiger partial charge >= 0.3 is 0 Å². The van der Waals surface area contributed by atoms with Crippen molar-refractivity contribution in [1.29, 1.82) is 0 Å². The first kappa shape index (κ1) is 16.3. The summed E-state index contributed by atoms with van der Waals surface area (Å²) in [6, 6.07) is 5.35. The predicted molar refractivity (Wildman–Crippen MR) is 81.2 cm³/mol. The monoisotopic (exact) mass is 350 g/mol. The molecule has 0 aliphatic heterocycles. The van der Waals surface area contributed by atoms with Crippen molar-refractivity contribution in [2.24, 2.45) is 0 Å². The number of nitrogens with one attached hydrogen (secondary N) is 2. The van der Waals surface area contributed by atoms with Crippen LogP contribution in [0.3, 0.4) is 0 Å². The minimum absolute atomic E-state index is 0.0278. The van der Waals surface area contributed by atoms with Crippen molar-refractivity contribution in [3.05, 3.63) is 22.7 Å². The smallest absolute Gasteiger partial charge is 0.233 e. The number of rotatable bonds is 7. The van der Waals surface area contributed by atoms with E-state index in [1.807, 2.05) is 13.8 Å². The highest BCUT2D eigenvalue weighted by Gasteiger charge is 2.11. The molecule has 0 aliphatic carbocycles. The molecule has 2 N–H and O–H groups in total. The molecule has 0 saturated carbocycles. The highest BCUT2D eigenvalue weighted by atomic mass is 79.9. The summed E-state index contributed by atoms with van der Waals surface area (Å²) >= 11 is 3.31. The van der Waals surface area contributed by atoms with Gasteiger partial charge in [-0.15, -0.1) is 0 Å². The van der Waals surface area contributed by atoms with Gasteiger partial charge in [-0.25, -0.2) is 8.42 Å². The van der Waals surface area contributed by atoms with Crippen LogP contribution in [0.25, 0.3) is 0 Å². The second-order valence-electron chi connectivity index (χ2n) is 4.41. The average Bonchev–Trinajstić information content (AvgIpc) is 2.26. The van der Waals surface area contributed by atoms with Crippen molar-refractivity contribution >= 4 is 31.6 Å². The van der Waals surface area contributed by atoms with Gasteiger partial charge in [0.15, 0.2) is 0 Å². The molecule has 1 rings (SSSR count). The molecule has 1 aromatic rings. The minimum atomic E-state index is -3.36. The Balaban J connectivity index is 2.69. The summed E-state index contributed by atoms with van der Waals surface area (Å²) in [5, 5.41) is 3.07. The zero-order valence-corrected chi connectivity index (χ0v) is 13.6. The van der Waals surface area contributed by atoms with Crippen molar-refractivity contribution in [2.45, 2.75) is 19.9 Å². The van der Waals surface area contributed by atoms with Crippen molar-refractivity contribution < 1.29 is 13.2 Å². The molecule has 0 unspecified atom stereocenters. The van der Waals surface area contributed by atoms with E-state index in [1.165, 1.54) is 7.11 Å². The highest BCUT2D eigenvalue weighted by Crippen LogP contribution is 2.25. The van der Waals surface area contributed by atoms with Crippen LogP contribution in [0.4, 0.5) is 5.69 Å². The lowest BCUT2D eigenvalue weighted by molar-refractivity contribution is 0.415. The van der Waals surface area contributed by atoms with Crippen molar-refractivity contribution in [1.82, 2.24) is 5.32 Å². The number of methoxy groups -OCH3 is 1. The molecule has 0 heterocycles. The summed E-state index contributed by atoms with van der Waals surface area (Å²) in [5.74, 6) is 0.618. The van der Waals surface area contributed by atoms with E-state index in [2.05, 4.69) is 26.0 Å². The van der Waals surface area contributed by atoms with Gasteiger partial charge in [0, 0.05) is 23.1 Å². The fourth-order valence-electron chi connectivity index (χ4n) is 1.45. The predicted octanol–water partition coefficient (Wildman–Crippen LogP) is 2.20. The van der Waals surface area contributed by atoms with Gasteiger partial charge in [0.1, 0.15) is 5.75 Å². The first-order chi connectivity index (χ1) is 8.82. The van der Waals surface area contributed by atoms with Crippen molar-refractivity contribution in [3.8, 4) is 5.75 Å². The fourth-order valence-corrected chi connectivity index (χ4v) is 2.89. The molecule has 5 nitrogen and oxygen atoms in total. The minimum Gasteiger partial charge on any atom is -0.497 e. The van der Waals surface area contributed by atoms with Crippen LogP contribution in [-0.2, 0) is 10.0 Å². The maximum atomic E-state index is 11.9. The molecule has 0 saturated heterocycles. The normalized spacial score (nSPS) is 11.6. The Morgan fingerprint density at radius 3 is 2.58 bits per heavy atom. The first-order valence-corrected chi connectivity index (χ1v) is 8.35. The lowest BCUT2D eigenvalue weighted by atomic mass is 10.3. The molecule has 19 heavy (non-hydrogen) atoms. The number of hydrogen-bond acceptors (Lipinski definition) is 4. The van der Waals surface area contributed by atoms with Gasteiger partial charge in [0.05, 0.1) is 18.6 Å². The van der Waals surface area contributed by atoms with Crippen LogP contribution in [0, 0.1) is 0 Å². The number of halogens is 1. The maximum Gasteiger partial charge on any atom is 0.233 e. The molecule has 0 fully saturated rings. The molecular formula is C12H19BrN2O3S. The number of sulfonamides is 1. The van der Waals surface area contributed by atoms with E-state index in [0.717, 1.165) is 4.47 Å². The van der Waals surface area contributed by atoms with E-state index >= 15 is 0 Å². The Morgan fingerprint density at radius 2 is 2.00 bits per heavy atom. The van der Waals surface area contributed by atoms with Gasteiger partial charge in [0.25, 0.3) is 0 Å². The van der Waals surface area contributed by atoms with Gasteiger partial charge in [-0.2, -0.15) is 0 Å². The lowest BCUT2D eigenvalue weighted by Crippen LogP contribution is -2.30. The van der Waals surface area contributed by atoms with E-state index in [-0.39, 0.29) is 11.8 Å². The summed E-state index contributed by atoms with van der Waals surface area (Å²) < 4.78 is 32.1. The maximum absolute atomic E-state index is 11.9. The SMILES string of the molecule is COc1cc(Br)cc(NS(=O)(=O)CCNC(C)C)c1. The largest absolute Gasteiger partial charge is 0.497 e. The van der Waals surface area contributed by atoms with Crippen molar-refractivity contribution in [2.75, 3.05) is 24.1 Å². The van der Waals surface area contributed by atoms with E-state index in [4.69, 9.17) is 4.74 Å². The zero-order valence-electron chi connectivity index (χ0n) is 11.2. The third-order valence-corrected chi connectivity index (χ3v) is 4.05. The van der Waals surface area contributed by atoms with Gasteiger partial charge in [0.2, 0.25) is 10.0 Å². The number of benzene rings is 1. The second kappa shape index (κ2) is 7.12. The molecule has 0 radical (unpaired) electrons. The van der Waals surface area contributed by atoms with E-state index in [0.29, 0.717) is 18.0 Å². The molecule has 0 bridgehead atoms. The van der Waals surface area contributed by atoms with Crippen molar-refractivity contribution in [3.63, 3.8) is 0 Å². The fraction of sp³-hybridized carbons (Fsp3) is 0.500. The summed E-state index contributed by atoms with van der Waals surface area (Å²) in [7, 11) is -1.83. The van der Waals surface area contributed by atoms with Crippen LogP contribution in [0.1, 0.15) is 13.8 Å². The van der Waals surface area contributed by atoms with Crippen LogP contribution in [0.5, 0.6) is 5.75 Å². The van der Waals surface area contributed by atoms with Crippen LogP contribution in [-0.4, -0.2) is 33.9 Å². The van der Waals surface area contributed by atoms with Crippen LogP contribution in [0.2, 0.25) is 0 Å². The van der Waals surface area contributed by atoms with Crippen LogP contribution in [0.15, 0.2) is 22.7 Å². The lowest BCUT2D eigenvalue weighted by Gasteiger charge is -2.11. The Hall–Kier alpha value is -0.790. The Labute approximate surface area is 122 Å². The summed E-state index contributed by atoms with van der Waals surface area (Å²) in [4.78, 5) is 0. The van der Waals surface area contributed by atoms with Crippen LogP contribution < -0.4 is 14.8 Å².